The molecule has 3 aromatic rings. The maximum absolute atomic E-state index is 12.4. The molecule has 1 aromatic carbocycles. The van der Waals surface area contributed by atoms with E-state index in [2.05, 4.69) is 20.4 Å². The van der Waals surface area contributed by atoms with Gasteiger partial charge in [0, 0.05) is 16.6 Å². The zero-order chi connectivity index (χ0) is 15.9. The lowest BCUT2D eigenvalue weighted by Gasteiger charge is -2.17. The van der Waals surface area contributed by atoms with Gasteiger partial charge in [0.2, 0.25) is 5.82 Å². The first kappa shape index (κ1) is 14.3. The second kappa shape index (κ2) is 4.98. The van der Waals surface area contributed by atoms with E-state index in [1.54, 1.807) is 11.0 Å². The van der Waals surface area contributed by atoms with Crippen LogP contribution in [0.25, 0.3) is 10.9 Å². The van der Waals surface area contributed by atoms with E-state index < -0.39 is 0 Å². The number of anilines is 1. The second-order valence-corrected chi connectivity index (χ2v) is 6.31. The van der Waals surface area contributed by atoms with Gasteiger partial charge in [-0.2, -0.15) is 0 Å². The van der Waals surface area contributed by atoms with E-state index in [9.17, 15) is 4.79 Å². The number of nitrogens with one attached hydrogen (secondary N) is 2. The molecule has 0 unspecified atom stereocenters. The van der Waals surface area contributed by atoms with Gasteiger partial charge in [-0.15, -0.1) is 5.10 Å². The van der Waals surface area contributed by atoms with Gasteiger partial charge in [-0.05, 0) is 33.8 Å². The van der Waals surface area contributed by atoms with Gasteiger partial charge in [-0.1, -0.05) is 18.2 Å². The molecular formula is C16H19N5O. The molecule has 0 aliphatic carbocycles. The van der Waals surface area contributed by atoms with Gasteiger partial charge in [0.15, 0.2) is 0 Å². The number of fused-ring (bicyclic) bond motifs is 1. The van der Waals surface area contributed by atoms with Crippen molar-refractivity contribution in [3.05, 3.63) is 42.1 Å². The van der Waals surface area contributed by atoms with Crippen molar-refractivity contribution in [2.24, 2.45) is 0 Å². The largest absolute Gasteiger partial charge is 0.357 e. The number of hydrogen-bond acceptors (Lipinski definition) is 3. The van der Waals surface area contributed by atoms with Gasteiger partial charge in [-0.25, -0.2) is 9.67 Å². The molecule has 0 saturated heterocycles. The number of nitrogens with zero attached hydrogens (tertiary/aromatic N) is 3. The summed E-state index contributed by atoms with van der Waals surface area (Å²) < 4.78 is 1.68. The maximum Gasteiger partial charge on any atom is 0.295 e. The van der Waals surface area contributed by atoms with Gasteiger partial charge in [0.25, 0.3) is 5.91 Å². The molecule has 22 heavy (non-hydrogen) atoms. The minimum absolute atomic E-state index is 0.166. The van der Waals surface area contributed by atoms with Crippen molar-refractivity contribution in [2.45, 2.75) is 33.2 Å². The molecule has 0 fully saturated rings. The monoisotopic (exact) mass is 297 g/mol. The van der Waals surface area contributed by atoms with Gasteiger partial charge in [-0.3, -0.25) is 4.79 Å². The first-order valence-corrected chi connectivity index (χ1v) is 7.17. The molecule has 2 heterocycles. The van der Waals surface area contributed by atoms with E-state index in [1.807, 2.05) is 52.0 Å². The molecule has 2 N–H and O–H groups in total. The van der Waals surface area contributed by atoms with Crippen LogP contribution in [0.5, 0.6) is 0 Å². The number of carbonyl (C=O) groups excluding carboxylic acids is 1. The van der Waals surface area contributed by atoms with Gasteiger partial charge >= 0.3 is 0 Å². The summed E-state index contributed by atoms with van der Waals surface area (Å²) in [6, 6.07) is 7.84. The van der Waals surface area contributed by atoms with Crippen molar-refractivity contribution in [3.8, 4) is 0 Å². The normalized spacial score (nSPS) is 11.8. The number of carbonyl (C=O) groups is 1. The van der Waals surface area contributed by atoms with E-state index in [4.69, 9.17) is 0 Å². The summed E-state index contributed by atoms with van der Waals surface area (Å²) in [7, 11) is 0. The molecule has 0 aliphatic heterocycles. The minimum Gasteiger partial charge on any atom is -0.357 e. The summed E-state index contributed by atoms with van der Waals surface area (Å²) in [4.78, 5) is 19.7. The van der Waals surface area contributed by atoms with Crippen molar-refractivity contribution >= 4 is 22.5 Å². The fourth-order valence-corrected chi connectivity index (χ4v) is 2.30. The zero-order valence-corrected chi connectivity index (χ0v) is 13.1. The molecule has 0 atom stereocenters. The highest BCUT2D eigenvalue weighted by molar-refractivity contribution is 6.08. The Labute approximate surface area is 128 Å². The minimum atomic E-state index is -0.309. The summed E-state index contributed by atoms with van der Waals surface area (Å²) in [5, 5.41) is 8.14. The van der Waals surface area contributed by atoms with E-state index in [-0.39, 0.29) is 17.3 Å². The maximum atomic E-state index is 12.4. The van der Waals surface area contributed by atoms with Crippen LogP contribution in [0.3, 0.4) is 0 Å². The summed E-state index contributed by atoms with van der Waals surface area (Å²) in [5.41, 5.74) is 2.46. The number of aromatic amines is 1. The summed E-state index contributed by atoms with van der Waals surface area (Å²) in [6.45, 7) is 7.95. The topological polar surface area (TPSA) is 75.6 Å². The quantitative estimate of drug-likeness (QED) is 0.763. The van der Waals surface area contributed by atoms with Crippen LogP contribution in [0.1, 0.15) is 37.1 Å². The number of rotatable bonds is 2. The average Bonchev–Trinajstić information content (AvgIpc) is 3.04. The molecule has 0 bridgehead atoms. The molecule has 3 rings (SSSR count). The third-order valence-electron chi connectivity index (χ3n) is 3.51. The Balaban J connectivity index is 1.90. The lowest BCUT2D eigenvalue weighted by Crippen LogP contribution is -2.23. The van der Waals surface area contributed by atoms with Crippen molar-refractivity contribution in [2.75, 3.05) is 5.32 Å². The van der Waals surface area contributed by atoms with Crippen molar-refractivity contribution in [3.63, 3.8) is 0 Å². The van der Waals surface area contributed by atoms with Crippen LogP contribution in [0.2, 0.25) is 0 Å². The molecule has 114 valence electrons. The summed E-state index contributed by atoms with van der Waals surface area (Å²) in [5.74, 6) is -0.143. The Kier molecular flexibility index (Phi) is 3.24. The second-order valence-electron chi connectivity index (χ2n) is 6.31. The molecule has 0 aliphatic rings. The number of amides is 1. The lowest BCUT2D eigenvalue weighted by molar-refractivity contribution is 0.101. The summed E-state index contributed by atoms with van der Waals surface area (Å²) >= 11 is 0. The fraction of sp³-hybridized carbons (Fsp3) is 0.312. The van der Waals surface area contributed by atoms with Crippen molar-refractivity contribution in [1.82, 2.24) is 19.7 Å². The van der Waals surface area contributed by atoms with Crippen LogP contribution in [0.4, 0.5) is 5.69 Å². The molecule has 2 aromatic heterocycles. The Morgan fingerprint density at radius 1 is 1.27 bits per heavy atom. The van der Waals surface area contributed by atoms with Gasteiger partial charge in [0.05, 0.1) is 11.2 Å². The highest BCUT2D eigenvalue weighted by Gasteiger charge is 2.20. The van der Waals surface area contributed by atoms with E-state index in [1.165, 1.54) is 0 Å². The van der Waals surface area contributed by atoms with E-state index in [0.29, 0.717) is 0 Å². The van der Waals surface area contributed by atoms with Crippen LogP contribution in [-0.4, -0.2) is 25.7 Å². The number of hydrogen-bond donors (Lipinski definition) is 2. The molecule has 0 radical (unpaired) electrons. The van der Waals surface area contributed by atoms with E-state index in [0.717, 1.165) is 22.3 Å². The van der Waals surface area contributed by atoms with Crippen molar-refractivity contribution < 1.29 is 4.79 Å². The van der Waals surface area contributed by atoms with Crippen molar-refractivity contribution in [1.29, 1.82) is 0 Å². The third kappa shape index (κ3) is 2.47. The van der Waals surface area contributed by atoms with Gasteiger partial charge < -0.3 is 10.3 Å². The predicted octanol–water partition coefficient (Wildman–Crippen LogP) is 3.08. The first-order valence-electron chi connectivity index (χ1n) is 7.17. The molecule has 6 heteroatoms. The number of aryl methyl sites for hydroxylation is 1. The smallest absolute Gasteiger partial charge is 0.295 e. The molecule has 0 spiro atoms. The Bertz CT molecular complexity index is 838. The van der Waals surface area contributed by atoms with Crippen LogP contribution >= 0.6 is 0 Å². The average molecular weight is 297 g/mol. The third-order valence-corrected chi connectivity index (χ3v) is 3.51. The van der Waals surface area contributed by atoms with E-state index >= 15 is 0 Å². The molecular weight excluding hydrogens is 278 g/mol. The first-order chi connectivity index (χ1) is 10.4. The number of benzene rings is 1. The van der Waals surface area contributed by atoms with Crippen LogP contribution < -0.4 is 5.32 Å². The predicted molar refractivity (Wildman–Crippen MR) is 86.0 cm³/mol. The SMILES string of the molecule is Cc1[nH]c2ccccc2c1NC(=O)c1ncn(C(C)(C)C)n1. The van der Waals surface area contributed by atoms with Crippen LogP contribution in [0.15, 0.2) is 30.6 Å². The highest BCUT2D eigenvalue weighted by Crippen LogP contribution is 2.27. The fourth-order valence-electron chi connectivity index (χ4n) is 2.30. The Morgan fingerprint density at radius 2 is 2.00 bits per heavy atom. The summed E-state index contributed by atoms with van der Waals surface area (Å²) in [6.07, 6.45) is 1.58. The van der Waals surface area contributed by atoms with Crippen LogP contribution in [0, 0.1) is 6.92 Å². The number of para-hydroxylation sites is 1. The lowest BCUT2D eigenvalue weighted by atomic mass is 10.1. The number of H-pyrrole nitrogens is 1. The standard InChI is InChI=1S/C16H19N5O/c1-10-13(11-7-5-6-8-12(11)18-10)19-15(22)14-17-9-21(20-14)16(2,3)4/h5-9,18H,1-4H3,(H,19,22). The molecule has 0 saturated carbocycles. The number of aromatic nitrogens is 4. The highest BCUT2D eigenvalue weighted by atomic mass is 16.2. The van der Waals surface area contributed by atoms with Crippen LogP contribution in [-0.2, 0) is 5.54 Å². The Hall–Kier alpha value is -2.63. The zero-order valence-electron chi connectivity index (χ0n) is 13.1. The molecule has 6 nitrogen and oxygen atoms in total. The molecule has 1 amide bonds. The van der Waals surface area contributed by atoms with Gasteiger partial charge in [0.1, 0.15) is 6.33 Å². The Morgan fingerprint density at radius 3 is 2.68 bits per heavy atom.